The molecule has 0 saturated heterocycles. The Hall–Kier alpha value is -1.88. The monoisotopic (exact) mass is 335 g/mol. The minimum atomic E-state index is -0.242. The van der Waals surface area contributed by atoms with Gasteiger partial charge in [-0.3, -0.25) is 9.59 Å². The second kappa shape index (κ2) is 8.67. The summed E-state index contributed by atoms with van der Waals surface area (Å²) in [5, 5.41) is 7.38. The van der Waals surface area contributed by atoms with Crippen LogP contribution in [0.5, 0.6) is 0 Å². The van der Waals surface area contributed by atoms with Crippen molar-refractivity contribution in [1.29, 1.82) is 0 Å². The zero-order valence-electron chi connectivity index (χ0n) is 13.3. The SMILES string of the molecule is CC[C@H]1CCCC1=NNC(=O)CCC(=O)Nc1ccccc1Cl. The normalized spacial score (nSPS) is 18.9. The lowest BCUT2D eigenvalue weighted by Gasteiger charge is -2.08. The summed E-state index contributed by atoms with van der Waals surface area (Å²) in [4.78, 5) is 23.6. The van der Waals surface area contributed by atoms with Crippen LogP contribution in [0.15, 0.2) is 29.4 Å². The molecule has 0 spiro atoms. The second-order valence-electron chi connectivity index (χ2n) is 5.66. The summed E-state index contributed by atoms with van der Waals surface area (Å²) in [7, 11) is 0. The first-order chi connectivity index (χ1) is 11.1. The third-order valence-electron chi connectivity index (χ3n) is 4.00. The van der Waals surface area contributed by atoms with Gasteiger partial charge in [0.15, 0.2) is 0 Å². The summed E-state index contributed by atoms with van der Waals surface area (Å²) < 4.78 is 0. The van der Waals surface area contributed by atoms with E-state index < -0.39 is 0 Å². The molecule has 1 aliphatic rings. The number of para-hydroxylation sites is 1. The first-order valence-corrected chi connectivity index (χ1v) is 8.37. The highest BCUT2D eigenvalue weighted by Crippen LogP contribution is 2.25. The molecule has 1 fully saturated rings. The van der Waals surface area contributed by atoms with Gasteiger partial charge in [-0.1, -0.05) is 30.7 Å². The molecule has 1 aromatic rings. The van der Waals surface area contributed by atoms with Crippen LogP contribution in [0.3, 0.4) is 0 Å². The number of nitrogens with zero attached hydrogens (tertiary/aromatic N) is 1. The number of benzene rings is 1. The summed E-state index contributed by atoms with van der Waals surface area (Å²) in [6, 6.07) is 7.00. The standard InChI is InChI=1S/C17H22ClN3O2/c1-2-12-6-5-9-14(12)20-21-17(23)11-10-16(22)19-15-8-4-3-7-13(15)18/h3-4,7-8,12H,2,5-6,9-11H2,1H3,(H,19,22)(H,21,23)/t12-/m0/s1. The van der Waals surface area contributed by atoms with Crippen molar-refractivity contribution >= 4 is 34.8 Å². The van der Waals surface area contributed by atoms with Gasteiger partial charge in [0.2, 0.25) is 11.8 Å². The van der Waals surface area contributed by atoms with Crippen molar-refractivity contribution in [3.8, 4) is 0 Å². The van der Waals surface area contributed by atoms with Crippen LogP contribution in [0.1, 0.15) is 45.4 Å². The Balaban J connectivity index is 1.75. The molecule has 0 heterocycles. The zero-order valence-corrected chi connectivity index (χ0v) is 14.0. The highest BCUT2D eigenvalue weighted by Gasteiger charge is 2.21. The second-order valence-corrected chi connectivity index (χ2v) is 6.07. The minimum Gasteiger partial charge on any atom is -0.325 e. The lowest BCUT2D eigenvalue weighted by Crippen LogP contribution is -2.22. The molecule has 0 bridgehead atoms. The van der Waals surface area contributed by atoms with Gasteiger partial charge < -0.3 is 5.32 Å². The van der Waals surface area contributed by atoms with E-state index in [0.717, 1.165) is 31.4 Å². The number of hydrogen-bond acceptors (Lipinski definition) is 3. The molecule has 23 heavy (non-hydrogen) atoms. The van der Waals surface area contributed by atoms with Crippen molar-refractivity contribution in [2.75, 3.05) is 5.32 Å². The number of carbonyl (C=O) groups is 2. The molecule has 2 rings (SSSR count). The van der Waals surface area contributed by atoms with E-state index >= 15 is 0 Å². The number of nitrogens with one attached hydrogen (secondary N) is 2. The molecular formula is C17H22ClN3O2. The molecule has 2 N–H and O–H groups in total. The topological polar surface area (TPSA) is 70.6 Å². The zero-order chi connectivity index (χ0) is 16.7. The summed E-state index contributed by atoms with van der Waals surface area (Å²) in [6.45, 7) is 2.13. The molecule has 0 aromatic heterocycles. The first-order valence-electron chi connectivity index (χ1n) is 7.99. The van der Waals surface area contributed by atoms with Gasteiger partial charge in [-0.2, -0.15) is 5.10 Å². The Morgan fingerprint density at radius 3 is 2.74 bits per heavy atom. The predicted molar refractivity (Wildman–Crippen MR) is 92.5 cm³/mol. The van der Waals surface area contributed by atoms with Crippen molar-refractivity contribution in [2.45, 2.75) is 45.4 Å². The number of halogens is 1. The molecular weight excluding hydrogens is 314 g/mol. The number of carbonyl (C=O) groups excluding carboxylic acids is 2. The van der Waals surface area contributed by atoms with E-state index in [1.54, 1.807) is 24.3 Å². The highest BCUT2D eigenvalue weighted by atomic mass is 35.5. The van der Waals surface area contributed by atoms with Crippen molar-refractivity contribution in [3.63, 3.8) is 0 Å². The molecule has 0 radical (unpaired) electrons. The van der Waals surface area contributed by atoms with E-state index in [4.69, 9.17) is 11.6 Å². The Morgan fingerprint density at radius 2 is 2.00 bits per heavy atom. The average molecular weight is 336 g/mol. The van der Waals surface area contributed by atoms with Crippen molar-refractivity contribution in [2.24, 2.45) is 11.0 Å². The molecule has 2 amide bonds. The van der Waals surface area contributed by atoms with Crippen LogP contribution in [-0.2, 0) is 9.59 Å². The average Bonchev–Trinajstić information content (AvgIpc) is 3.00. The van der Waals surface area contributed by atoms with Crippen molar-refractivity contribution < 1.29 is 9.59 Å². The van der Waals surface area contributed by atoms with E-state index in [9.17, 15) is 9.59 Å². The first kappa shape index (κ1) is 17.5. The fourth-order valence-electron chi connectivity index (χ4n) is 2.68. The fraction of sp³-hybridized carbons (Fsp3) is 0.471. The molecule has 124 valence electrons. The summed E-state index contributed by atoms with van der Waals surface area (Å²) in [5.41, 5.74) is 4.19. The van der Waals surface area contributed by atoms with Crippen LogP contribution >= 0.6 is 11.6 Å². The van der Waals surface area contributed by atoms with Crippen LogP contribution in [0, 0.1) is 5.92 Å². The number of hydrogen-bond donors (Lipinski definition) is 2. The van der Waals surface area contributed by atoms with Gasteiger partial charge >= 0.3 is 0 Å². The van der Waals surface area contributed by atoms with E-state index in [-0.39, 0.29) is 24.7 Å². The van der Waals surface area contributed by atoms with Crippen LogP contribution in [0.4, 0.5) is 5.69 Å². The lowest BCUT2D eigenvalue weighted by atomic mass is 10.0. The van der Waals surface area contributed by atoms with E-state index in [0.29, 0.717) is 16.6 Å². The quantitative estimate of drug-likeness (QED) is 0.777. The Labute approximate surface area is 141 Å². The number of amides is 2. The third-order valence-corrected chi connectivity index (χ3v) is 4.33. The van der Waals surface area contributed by atoms with Crippen molar-refractivity contribution in [3.05, 3.63) is 29.3 Å². The maximum Gasteiger partial charge on any atom is 0.240 e. The van der Waals surface area contributed by atoms with Gasteiger partial charge in [-0.15, -0.1) is 0 Å². The van der Waals surface area contributed by atoms with Gasteiger partial charge in [-0.05, 0) is 43.7 Å². The maximum atomic E-state index is 11.8. The van der Waals surface area contributed by atoms with Crippen LogP contribution in [0.25, 0.3) is 0 Å². The Bertz CT molecular complexity index is 601. The van der Waals surface area contributed by atoms with E-state index in [2.05, 4.69) is 22.8 Å². The van der Waals surface area contributed by atoms with Crippen LogP contribution in [-0.4, -0.2) is 17.5 Å². The molecule has 1 atom stereocenters. The number of hydrazone groups is 1. The van der Waals surface area contributed by atoms with Gasteiger partial charge in [0, 0.05) is 18.6 Å². The Morgan fingerprint density at radius 1 is 1.26 bits per heavy atom. The summed E-state index contributed by atoms with van der Waals surface area (Å²) in [5.74, 6) is 0.000543. The minimum absolute atomic E-state index is 0.0963. The molecule has 1 aromatic carbocycles. The van der Waals surface area contributed by atoms with Gasteiger partial charge in [0.05, 0.1) is 10.7 Å². The number of anilines is 1. The van der Waals surface area contributed by atoms with Gasteiger partial charge in [0.25, 0.3) is 0 Å². The smallest absolute Gasteiger partial charge is 0.240 e. The highest BCUT2D eigenvalue weighted by molar-refractivity contribution is 6.33. The lowest BCUT2D eigenvalue weighted by molar-refractivity contribution is -0.124. The van der Waals surface area contributed by atoms with Gasteiger partial charge in [-0.25, -0.2) is 5.43 Å². The third kappa shape index (κ3) is 5.36. The maximum absolute atomic E-state index is 11.8. The Kier molecular flexibility index (Phi) is 6.59. The van der Waals surface area contributed by atoms with Crippen molar-refractivity contribution in [1.82, 2.24) is 5.43 Å². The van der Waals surface area contributed by atoms with E-state index in [1.165, 1.54) is 0 Å². The van der Waals surface area contributed by atoms with E-state index in [1.807, 2.05) is 0 Å². The van der Waals surface area contributed by atoms with Gasteiger partial charge in [0.1, 0.15) is 0 Å². The molecule has 5 nitrogen and oxygen atoms in total. The predicted octanol–water partition coefficient (Wildman–Crippen LogP) is 3.74. The van der Waals surface area contributed by atoms with Crippen LogP contribution in [0.2, 0.25) is 5.02 Å². The molecule has 0 aliphatic heterocycles. The largest absolute Gasteiger partial charge is 0.325 e. The number of rotatable bonds is 6. The molecule has 6 heteroatoms. The molecule has 0 unspecified atom stereocenters. The summed E-state index contributed by atoms with van der Waals surface area (Å²) >= 11 is 5.97. The summed E-state index contributed by atoms with van der Waals surface area (Å²) in [6.07, 6.45) is 4.47. The fourth-order valence-corrected chi connectivity index (χ4v) is 2.86. The molecule has 1 aliphatic carbocycles. The molecule has 1 saturated carbocycles. The van der Waals surface area contributed by atoms with Crippen LogP contribution < -0.4 is 10.7 Å².